The van der Waals surface area contributed by atoms with Gasteiger partial charge in [-0.3, -0.25) is 4.90 Å². The summed E-state index contributed by atoms with van der Waals surface area (Å²) in [4.78, 5) is 12.1. The molecule has 68 valence electrons. The van der Waals surface area contributed by atoms with Crippen LogP contribution in [-0.2, 0) is 9.53 Å². The van der Waals surface area contributed by atoms with Crippen LogP contribution in [0.1, 0.15) is 0 Å². The SMILES string of the molecule is Cl.O.O=CCN1CCOCC1. The molecule has 4 nitrogen and oxygen atoms in total. The Morgan fingerprint density at radius 1 is 1.36 bits per heavy atom. The van der Waals surface area contributed by atoms with E-state index in [-0.39, 0.29) is 17.9 Å². The molecule has 0 amide bonds. The van der Waals surface area contributed by atoms with Crippen molar-refractivity contribution < 1.29 is 15.0 Å². The van der Waals surface area contributed by atoms with E-state index in [1.807, 2.05) is 0 Å². The van der Waals surface area contributed by atoms with E-state index in [1.54, 1.807) is 0 Å². The first-order chi connectivity index (χ1) is 4.43. The third kappa shape index (κ3) is 5.15. The molecule has 0 bridgehead atoms. The lowest BCUT2D eigenvalue weighted by atomic mass is 10.4. The lowest BCUT2D eigenvalue weighted by Gasteiger charge is -2.23. The summed E-state index contributed by atoms with van der Waals surface area (Å²) < 4.78 is 5.09. The second-order valence-corrected chi connectivity index (χ2v) is 2.08. The number of halogens is 1. The number of hydrogen-bond donors (Lipinski definition) is 0. The first-order valence-corrected chi connectivity index (χ1v) is 3.17. The molecule has 2 N–H and O–H groups in total. The summed E-state index contributed by atoms with van der Waals surface area (Å²) in [6.45, 7) is 3.91. The lowest BCUT2D eigenvalue weighted by molar-refractivity contribution is -0.109. The Labute approximate surface area is 72.2 Å². The summed E-state index contributed by atoms with van der Waals surface area (Å²) in [5, 5.41) is 0. The van der Waals surface area contributed by atoms with Crippen molar-refractivity contribution in [3.63, 3.8) is 0 Å². The standard InChI is InChI=1S/C6H11NO2.ClH.H2O/c8-4-1-7-2-5-9-6-3-7;;/h4H,1-3,5-6H2;1H;1H2. The van der Waals surface area contributed by atoms with Gasteiger partial charge < -0.3 is 15.0 Å². The maximum absolute atomic E-state index is 9.99. The molecule has 0 spiro atoms. The quantitative estimate of drug-likeness (QED) is 0.522. The van der Waals surface area contributed by atoms with Gasteiger partial charge in [0.1, 0.15) is 6.29 Å². The number of carbonyl (C=O) groups is 1. The second kappa shape index (κ2) is 7.94. The molecule has 0 aromatic rings. The Morgan fingerprint density at radius 3 is 2.36 bits per heavy atom. The van der Waals surface area contributed by atoms with Crippen LogP contribution in [-0.4, -0.2) is 49.5 Å². The van der Waals surface area contributed by atoms with E-state index in [2.05, 4.69) is 4.90 Å². The number of morpholine rings is 1. The Bertz CT molecular complexity index is 95.8. The Kier molecular flexibility index (Phi) is 9.70. The fraction of sp³-hybridized carbons (Fsp3) is 0.833. The van der Waals surface area contributed by atoms with Crippen molar-refractivity contribution in [3.8, 4) is 0 Å². The van der Waals surface area contributed by atoms with E-state index in [1.165, 1.54) is 0 Å². The van der Waals surface area contributed by atoms with Crippen molar-refractivity contribution in [1.29, 1.82) is 0 Å². The van der Waals surface area contributed by atoms with Gasteiger partial charge in [0.2, 0.25) is 0 Å². The van der Waals surface area contributed by atoms with Gasteiger partial charge in [0.05, 0.1) is 19.8 Å². The van der Waals surface area contributed by atoms with Crippen LogP contribution in [0, 0.1) is 0 Å². The van der Waals surface area contributed by atoms with Crippen molar-refractivity contribution in [2.45, 2.75) is 0 Å². The third-order valence-corrected chi connectivity index (χ3v) is 1.44. The number of rotatable bonds is 2. The summed E-state index contributed by atoms with van der Waals surface area (Å²) >= 11 is 0. The molecule has 1 aliphatic heterocycles. The first-order valence-electron chi connectivity index (χ1n) is 3.17. The minimum absolute atomic E-state index is 0. The van der Waals surface area contributed by atoms with Crippen molar-refractivity contribution in [2.75, 3.05) is 32.8 Å². The van der Waals surface area contributed by atoms with E-state index in [4.69, 9.17) is 4.74 Å². The van der Waals surface area contributed by atoms with Crippen LogP contribution in [0.4, 0.5) is 0 Å². The normalized spacial score (nSPS) is 17.8. The Balaban J connectivity index is 0. The van der Waals surface area contributed by atoms with E-state index in [0.29, 0.717) is 6.54 Å². The van der Waals surface area contributed by atoms with Gasteiger partial charge in [0, 0.05) is 13.1 Å². The Hall–Kier alpha value is -0.160. The topological polar surface area (TPSA) is 61.0 Å². The smallest absolute Gasteiger partial charge is 0.133 e. The van der Waals surface area contributed by atoms with E-state index in [9.17, 15) is 4.79 Å². The van der Waals surface area contributed by atoms with E-state index in [0.717, 1.165) is 32.6 Å². The number of aldehydes is 1. The minimum Gasteiger partial charge on any atom is -0.412 e. The van der Waals surface area contributed by atoms with Crippen molar-refractivity contribution >= 4 is 18.7 Å². The van der Waals surface area contributed by atoms with E-state index < -0.39 is 0 Å². The zero-order valence-electron chi connectivity index (χ0n) is 6.28. The van der Waals surface area contributed by atoms with Gasteiger partial charge >= 0.3 is 0 Å². The molecule has 0 aromatic carbocycles. The lowest BCUT2D eigenvalue weighted by Crippen LogP contribution is -2.37. The predicted molar refractivity (Wildman–Crippen MR) is 44.2 cm³/mol. The summed E-state index contributed by atoms with van der Waals surface area (Å²) in [5.74, 6) is 0. The summed E-state index contributed by atoms with van der Waals surface area (Å²) in [7, 11) is 0. The van der Waals surface area contributed by atoms with Crippen LogP contribution in [0.5, 0.6) is 0 Å². The largest absolute Gasteiger partial charge is 0.412 e. The molecule has 1 saturated heterocycles. The highest BCUT2D eigenvalue weighted by Crippen LogP contribution is 1.93. The van der Waals surface area contributed by atoms with Gasteiger partial charge in [-0.25, -0.2) is 0 Å². The molecule has 1 aliphatic rings. The van der Waals surface area contributed by atoms with Gasteiger partial charge in [-0.05, 0) is 0 Å². The van der Waals surface area contributed by atoms with Crippen LogP contribution in [0.3, 0.4) is 0 Å². The van der Waals surface area contributed by atoms with Gasteiger partial charge in [0.25, 0.3) is 0 Å². The van der Waals surface area contributed by atoms with Crippen molar-refractivity contribution in [3.05, 3.63) is 0 Å². The Morgan fingerprint density at radius 2 is 1.91 bits per heavy atom. The van der Waals surface area contributed by atoms with Gasteiger partial charge in [-0.15, -0.1) is 12.4 Å². The average Bonchev–Trinajstić information content (AvgIpc) is 1.91. The first kappa shape index (κ1) is 13.4. The van der Waals surface area contributed by atoms with Gasteiger partial charge in [-0.2, -0.15) is 0 Å². The molecule has 5 heteroatoms. The fourth-order valence-corrected chi connectivity index (χ4v) is 0.889. The maximum atomic E-state index is 9.99. The molecule has 11 heavy (non-hydrogen) atoms. The minimum atomic E-state index is 0. The highest BCUT2D eigenvalue weighted by molar-refractivity contribution is 5.85. The average molecular weight is 184 g/mol. The van der Waals surface area contributed by atoms with Crippen LogP contribution in [0.15, 0.2) is 0 Å². The zero-order chi connectivity index (χ0) is 6.53. The summed E-state index contributed by atoms with van der Waals surface area (Å²) in [6, 6.07) is 0. The summed E-state index contributed by atoms with van der Waals surface area (Å²) in [5.41, 5.74) is 0. The molecule has 1 fully saturated rings. The molecular formula is C6H14ClNO3. The molecule has 0 aromatic heterocycles. The van der Waals surface area contributed by atoms with Crippen molar-refractivity contribution in [2.24, 2.45) is 0 Å². The number of hydrogen-bond acceptors (Lipinski definition) is 3. The number of nitrogens with zero attached hydrogens (tertiary/aromatic N) is 1. The fourth-order valence-electron chi connectivity index (χ4n) is 0.889. The van der Waals surface area contributed by atoms with Crippen molar-refractivity contribution in [1.82, 2.24) is 4.90 Å². The molecule has 1 rings (SSSR count). The molecule has 0 radical (unpaired) electrons. The van der Waals surface area contributed by atoms with Crippen LogP contribution in [0.2, 0.25) is 0 Å². The zero-order valence-corrected chi connectivity index (χ0v) is 7.10. The van der Waals surface area contributed by atoms with Crippen LogP contribution >= 0.6 is 12.4 Å². The molecule has 0 atom stereocenters. The molecular weight excluding hydrogens is 170 g/mol. The van der Waals surface area contributed by atoms with Gasteiger partial charge in [-0.1, -0.05) is 0 Å². The van der Waals surface area contributed by atoms with Gasteiger partial charge in [0.15, 0.2) is 0 Å². The highest BCUT2D eigenvalue weighted by atomic mass is 35.5. The highest BCUT2D eigenvalue weighted by Gasteiger charge is 2.07. The predicted octanol–water partition coefficient (Wildman–Crippen LogP) is -0.885. The maximum Gasteiger partial charge on any atom is 0.133 e. The molecule has 0 saturated carbocycles. The second-order valence-electron chi connectivity index (χ2n) is 2.08. The number of ether oxygens (including phenoxy) is 1. The summed E-state index contributed by atoms with van der Waals surface area (Å²) in [6.07, 6.45) is 0.936. The molecule has 1 heterocycles. The van der Waals surface area contributed by atoms with E-state index >= 15 is 0 Å². The van der Waals surface area contributed by atoms with Crippen LogP contribution < -0.4 is 0 Å². The number of carbonyl (C=O) groups excluding carboxylic acids is 1. The molecule has 0 aliphatic carbocycles. The third-order valence-electron chi connectivity index (χ3n) is 1.44. The van der Waals surface area contributed by atoms with Crippen LogP contribution in [0.25, 0.3) is 0 Å². The monoisotopic (exact) mass is 183 g/mol. The molecule has 0 unspecified atom stereocenters.